The van der Waals surface area contributed by atoms with Gasteiger partial charge in [0.25, 0.3) is 0 Å². The molecule has 0 amide bonds. The quantitative estimate of drug-likeness (QED) is 0.484. The van der Waals surface area contributed by atoms with Crippen molar-refractivity contribution in [3.05, 3.63) is 101 Å². The second-order valence-corrected chi connectivity index (χ2v) is 7.72. The predicted molar refractivity (Wildman–Crippen MR) is 112 cm³/mol. The summed E-state index contributed by atoms with van der Waals surface area (Å²) in [7, 11) is 0. The van der Waals surface area contributed by atoms with Gasteiger partial charge in [-0.15, -0.1) is 13.2 Å². The number of rotatable bonds is 6. The highest BCUT2D eigenvalue weighted by atomic mass is 19.4. The summed E-state index contributed by atoms with van der Waals surface area (Å²) in [4.78, 5) is 14.9. The van der Waals surface area contributed by atoms with Gasteiger partial charge in [-0.25, -0.2) is 0 Å². The molecular formula is C25H22F3NO2. The standard InChI is InChI=1S/C25H22F3NO2/c26-25(27,28)31-23-11-7-18(8-12-23)15-24(30)21-9-5-19(6-10-21)16-29-14-13-20-3-1-2-4-22(20)17-29/h1-12H,13-17H2. The Labute approximate surface area is 179 Å². The molecule has 0 fully saturated rings. The Morgan fingerprint density at radius 1 is 0.871 bits per heavy atom. The fourth-order valence-electron chi connectivity index (χ4n) is 3.84. The van der Waals surface area contributed by atoms with Crippen LogP contribution in [0.5, 0.6) is 5.75 Å². The van der Waals surface area contributed by atoms with E-state index in [1.54, 1.807) is 0 Å². The summed E-state index contributed by atoms with van der Waals surface area (Å²) in [6.45, 7) is 2.75. The lowest BCUT2D eigenvalue weighted by Gasteiger charge is -2.28. The summed E-state index contributed by atoms with van der Waals surface area (Å²) < 4.78 is 40.6. The summed E-state index contributed by atoms with van der Waals surface area (Å²) in [6, 6.07) is 21.5. The Balaban J connectivity index is 1.33. The van der Waals surface area contributed by atoms with Gasteiger partial charge < -0.3 is 4.74 Å². The molecule has 0 atom stereocenters. The average Bonchev–Trinajstić information content (AvgIpc) is 2.74. The van der Waals surface area contributed by atoms with Crippen LogP contribution in [0, 0.1) is 0 Å². The van der Waals surface area contributed by atoms with Gasteiger partial charge in [-0.1, -0.05) is 60.7 Å². The van der Waals surface area contributed by atoms with E-state index in [-0.39, 0.29) is 18.0 Å². The zero-order valence-corrected chi connectivity index (χ0v) is 16.9. The van der Waals surface area contributed by atoms with E-state index in [0.717, 1.165) is 31.6 Å². The third kappa shape index (κ3) is 5.73. The first-order valence-corrected chi connectivity index (χ1v) is 10.1. The Hall–Kier alpha value is -3.12. The molecule has 0 radical (unpaired) electrons. The van der Waals surface area contributed by atoms with Crippen LogP contribution in [0.3, 0.4) is 0 Å². The zero-order chi connectivity index (χ0) is 21.8. The number of nitrogens with zero attached hydrogens (tertiary/aromatic N) is 1. The van der Waals surface area contributed by atoms with Crippen LogP contribution in [-0.2, 0) is 25.9 Å². The lowest BCUT2D eigenvalue weighted by Crippen LogP contribution is -2.29. The van der Waals surface area contributed by atoms with Crippen LogP contribution in [0.4, 0.5) is 13.2 Å². The maximum Gasteiger partial charge on any atom is 0.573 e. The molecule has 1 heterocycles. The van der Waals surface area contributed by atoms with E-state index in [1.165, 1.54) is 35.4 Å². The van der Waals surface area contributed by atoms with Crippen molar-refractivity contribution in [3.8, 4) is 5.75 Å². The molecule has 6 heteroatoms. The number of carbonyl (C=O) groups is 1. The highest BCUT2D eigenvalue weighted by Crippen LogP contribution is 2.23. The van der Waals surface area contributed by atoms with Crippen molar-refractivity contribution < 1.29 is 22.7 Å². The fourth-order valence-corrected chi connectivity index (χ4v) is 3.84. The van der Waals surface area contributed by atoms with Crippen molar-refractivity contribution in [1.82, 2.24) is 4.90 Å². The zero-order valence-electron chi connectivity index (χ0n) is 16.9. The molecule has 0 aliphatic carbocycles. The van der Waals surface area contributed by atoms with E-state index in [1.807, 2.05) is 24.3 Å². The number of Topliss-reactive ketones (excluding diaryl/α,β-unsaturated/α-hetero) is 1. The van der Waals surface area contributed by atoms with Gasteiger partial charge >= 0.3 is 6.36 Å². The first-order valence-electron chi connectivity index (χ1n) is 10.1. The number of benzene rings is 3. The third-order valence-electron chi connectivity index (χ3n) is 5.41. The molecule has 0 bridgehead atoms. The smallest absolute Gasteiger partial charge is 0.406 e. The van der Waals surface area contributed by atoms with Gasteiger partial charge in [0, 0.05) is 31.6 Å². The monoisotopic (exact) mass is 425 g/mol. The van der Waals surface area contributed by atoms with Crippen molar-refractivity contribution in [2.45, 2.75) is 32.3 Å². The number of fused-ring (bicyclic) bond motifs is 1. The molecule has 31 heavy (non-hydrogen) atoms. The molecule has 3 aromatic rings. The lowest BCUT2D eigenvalue weighted by atomic mass is 9.99. The summed E-state index contributed by atoms with van der Waals surface area (Å²) in [5.41, 5.74) is 5.15. The molecule has 0 N–H and O–H groups in total. The van der Waals surface area contributed by atoms with Crippen LogP contribution < -0.4 is 4.74 Å². The minimum absolute atomic E-state index is 0.0806. The van der Waals surface area contributed by atoms with Crippen molar-refractivity contribution in [1.29, 1.82) is 0 Å². The summed E-state index contributed by atoms with van der Waals surface area (Å²) in [6.07, 6.45) is -3.56. The molecular weight excluding hydrogens is 403 g/mol. The van der Waals surface area contributed by atoms with E-state index in [2.05, 4.69) is 33.9 Å². The Morgan fingerprint density at radius 2 is 1.52 bits per heavy atom. The molecule has 3 aromatic carbocycles. The minimum atomic E-state index is -4.73. The van der Waals surface area contributed by atoms with Gasteiger partial charge in [0.1, 0.15) is 5.75 Å². The van der Waals surface area contributed by atoms with Crippen molar-refractivity contribution in [2.24, 2.45) is 0 Å². The van der Waals surface area contributed by atoms with Crippen LogP contribution in [0.25, 0.3) is 0 Å². The van der Waals surface area contributed by atoms with E-state index < -0.39 is 6.36 Å². The molecule has 0 saturated heterocycles. The topological polar surface area (TPSA) is 29.5 Å². The van der Waals surface area contributed by atoms with Gasteiger partial charge in [-0.05, 0) is 40.8 Å². The van der Waals surface area contributed by atoms with E-state index in [9.17, 15) is 18.0 Å². The first-order chi connectivity index (χ1) is 14.9. The van der Waals surface area contributed by atoms with E-state index >= 15 is 0 Å². The summed E-state index contributed by atoms with van der Waals surface area (Å²) in [5.74, 6) is -0.378. The van der Waals surface area contributed by atoms with Crippen molar-refractivity contribution in [2.75, 3.05) is 6.54 Å². The van der Waals surface area contributed by atoms with Gasteiger partial charge in [0.15, 0.2) is 5.78 Å². The largest absolute Gasteiger partial charge is 0.573 e. The number of halogens is 3. The van der Waals surface area contributed by atoms with Crippen LogP contribution in [0.1, 0.15) is 32.6 Å². The van der Waals surface area contributed by atoms with Gasteiger partial charge in [0.2, 0.25) is 0 Å². The van der Waals surface area contributed by atoms with Gasteiger partial charge in [-0.3, -0.25) is 9.69 Å². The predicted octanol–water partition coefficient (Wildman–Crippen LogP) is 5.57. The van der Waals surface area contributed by atoms with E-state index in [4.69, 9.17) is 0 Å². The number of hydrogen-bond donors (Lipinski definition) is 0. The van der Waals surface area contributed by atoms with E-state index in [0.29, 0.717) is 11.1 Å². The minimum Gasteiger partial charge on any atom is -0.406 e. The molecule has 0 unspecified atom stereocenters. The molecule has 0 aromatic heterocycles. The molecule has 0 spiro atoms. The van der Waals surface area contributed by atoms with Crippen molar-refractivity contribution >= 4 is 5.78 Å². The van der Waals surface area contributed by atoms with Crippen LogP contribution in [0.15, 0.2) is 72.8 Å². The highest BCUT2D eigenvalue weighted by Gasteiger charge is 2.31. The number of ketones is 1. The number of hydrogen-bond acceptors (Lipinski definition) is 3. The molecule has 4 rings (SSSR count). The highest BCUT2D eigenvalue weighted by molar-refractivity contribution is 5.97. The number of carbonyl (C=O) groups excluding carboxylic acids is 1. The molecule has 3 nitrogen and oxygen atoms in total. The van der Waals surface area contributed by atoms with Gasteiger partial charge in [0.05, 0.1) is 0 Å². The third-order valence-corrected chi connectivity index (χ3v) is 5.41. The summed E-state index contributed by atoms with van der Waals surface area (Å²) in [5, 5.41) is 0. The maximum atomic E-state index is 12.5. The summed E-state index contributed by atoms with van der Waals surface area (Å²) >= 11 is 0. The SMILES string of the molecule is O=C(Cc1ccc(OC(F)(F)F)cc1)c1ccc(CN2CCc3ccccc3C2)cc1. The van der Waals surface area contributed by atoms with Crippen molar-refractivity contribution in [3.63, 3.8) is 0 Å². The average molecular weight is 425 g/mol. The fraction of sp³-hybridized carbons (Fsp3) is 0.240. The lowest BCUT2D eigenvalue weighted by molar-refractivity contribution is -0.274. The molecule has 160 valence electrons. The Bertz CT molecular complexity index is 1040. The molecule has 1 aliphatic heterocycles. The Kier molecular flexibility index (Phi) is 6.09. The van der Waals surface area contributed by atoms with Crippen LogP contribution in [0.2, 0.25) is 0 Å². The number of ether oxygens (including phenoxy) is 1. The van der Waals surface area contributed by atoms with Crippen LogP contribution in [-0.4, -0.2) is 23.6 Å². The van der Waals surface area contributed by atoms with Crippen LogP contribution >= 0.6 is 0 Å². The Morgan fingerprint density at radius 3 is 2.19 bits per heavy atom. The second kappa shape index (κ2) is 8.94. The van der Waals surface area contributed by atoms with Gasteiger partial charge in [-0.2, -0.15) is 0 Å². The normalized spacial score (nSPS) is 14.2. The first kappa shape index (κ1) is 21.1. The maximum absolute atomic E-state index is 12.5. The molecule has 0 saturated carbocycles. The second-order valence-electron chi connectivity index (χ2n) is 7.72. The number of alkyl halides is 3. The molecule has 1 aliphatic rings.